The van der Waals surface area contributed by atoms with Crippen LogP contribution in [0.2, 0.25) is 0 Å². The summed E-state index contributed by atoms with van der Waals surface area (Å²) < 4.78 is 3.84. The summed E-state index contributed by atoms with van der Waals surface area (Å²) >= 11 is 1.10. The predicted octanol–water partition coefficient (Wildman–Crippen LogP) is 4.46. The van der Waals surface area contributed by atoms with Gasteiger partial charge in [0.05, 0.1) is 0 Å². The van der Waals surface area contributed by atoms with Crippen molar-refractivity contribution >= 4 is 29.0 Å². The lowest BCUT2D eigenvalue weighted by molar-refractivity contribution is -0.123. The Kier molecular flexibility index (Phi) is 6.31. The molecule has 1 atom stereocenters. The summed E-state index contributed by atoms with van der Waals surface area (Å²) in [6, 6.07) is 14.3. The second kappa shape index (κ2) is 8.75. The van der Waals surface area contributed by atoms with Crippen molar-refractivity contribution in [1.82, 2.24) is 14.9 Å². The van der Waals surface area contributed by atoms with Crippen LogP contribution in [0.15, 0.2) is 53.9 Å². The molecule has 0 unspecified atom stereocenters. The number of hydrogen-bond acceptors (Lipinski definition) is 5. The average molecular weight is 423 g/mol. The molecule has 3 aromatic rings. The van der Waals surface area contributed by atoms with Crippen LogP contribution in [0.4, 0.5) is 5.69 Å². The molecular formula is C23H26N4O2S. The summed E-state index contributed by atoms with van der Waals surface area (Å²) in [4.78, 5) is 28.6. The maximum Gasteiger partial charge on any atom is 0.280 e. The predicted molar refractivity (Wildman–Crippen MR) is 120 cm³/mol. The molecule has 1 N–H and O–H groups in total. The van der Waals surface area contributed by atoms with Gasteiger partial charge in [-0.25, -0.2) is 0 Å². The second-order valence-corrected chi connectivity index (χ2v) is 8.92. The van der Waals surface area contributed by atoms with Gasteiger partial charge in [-0.15, -0.1) is 5.10 Å². The SMILES string of the molecule is Cc1cccc([C@@H](C(=O)NC(C)(C)C)N(C(=O)c2csnn2)c2ccccc2C)c1. The molecule has 0 radical (unpaired) electrons. The highest BCUT2D eigenvalue weighted by Crippen LogP contribution is 2.32. The fourth-order valence-electron chi connectivity index (χ4n) is 3.28. The normalized spacial score (nSPS) is 12.3. The van der Waals surface area contributed by atoms with Gasteiger partial charge in [-0.3, -0.25) is 14.5 Å². The minimum Gasteiger partial charge on any atom is -0.349 e. The third kappa shape index (κ3) is 4.91. The van der Waals surface area contributed by atoms with Crippen LogP contribution in [-0.4, -0.2) is 26.9 Å². The van der Waals surface area contributed by atoms with Crippen molar-refractivity contribution in [1.29, 1.82) is 0 Å². The van der Waals surface area contributed by atoms with E-state index in [1.54, 1.807) is 5.38 Å². The van der Waals surface area contributed by atoms with Crippen LogP contribution < -0.4 is 10.2 Å². The van der Waals surface area contributed by atoms with Crippen LogP contribution >= 0.6 is 11.5 Å². The lowest BCUT2D eigenvalue weighted by Crippen LogP contribution is -2.49. The number of carbonyl (C=O) groups excluding carboxylic acids is 2. The second-order valence-electron chi connectivity index (χ2n) is 8.31. The van der Waals surface area contributed by atoms with Crippen molar-refractivity contribution in [2.45, 2.75) is 46.2 Å². The Hall–Kier alpha value is -3.06. The number of benzene rings is 2. The Morgan fingerprint density at radius 2 is 1.80 bits per heavy atom. The number of amides is 2. The van der Waals surface area contributed by atoms with E-state index in [1.807, 2.05) is 83.1 Å². The standard InChI is InChI=1S/C23H26N4O2S/c1-15-9-8-11-17(13-15)20(21(28)24-23(3,4)5)27(19-12-7-6-10-16(19)2)22(29)18-14-30-26-25-18/h6-14,20H,1-5H3,(H,24,28)/t20-/m0/s1. The number of aromatic nitrogens is 2. The van der Waals surface area contributed by atoms with Crippen molar-refractivity contribution in [3.63, 3.8) is 0 Å². The number of carbonyl (C=O) groups is 2. The first kappa shape index (κ1) is 21.6. The highest BCUT2D eigenvalue weighted by molar-refractivity contribution is 7.03. The number of nitrogens with one attached hydrogen (secondary N) is 1. The Morgan fingerprint density at radius 1 is 1.07 bits per heavy atom. The lowest BCUT2D eigenvalue weighted by Gasteiger charge is -2.34. The zero-order valence-corrected chi connectivity index (χ0v) is 18.7. The van der Waals surface area contributed by atoms with E-state index >= 15 is 0 Å². The number of aryl methyl sites for hydroxylation is 2. The van der Waals surface area contributed by atoms with Crippen LogP contribution in [0.3, 0.4) is 0 Å². The molecule has 0 fully saturated rings. The number of anilines is 1. The first-order valence-corrected chi connectivity index (χ1v) is 10.6. The zero-order chi connectivity index (χ0) is 21.9. The van der Waals surface area contributed by atoms with E-state index < -0.39 is 11.6 Å². The highest BCUT2D eigenvalue weighted by atomic mass is 32.1. The topological polar surface area (TPSA) is 75.2 Å². The van der Waals surface area contributed by atoms with E-state index in [4.69, 9.17) is 0 Å². The third-order valence-electron chi connectivity index (χ3n) is 4.54. The monoisotopic (exact) mass is 422 g/mol. The van der Waals surface area contributed by atoms with Crippen LogP contribution in [0.25, 0.3) is 0 Å². The molecule has 1 heterocycles. The molecule has 3 rings (SSSR count). The molecule has 2 amide bonds. The van der Waals surface area contributed by atoms with Crippen LogP contribution in [-0.2, 0) is 4.79 Å². The Bertz CT molecular complexity index is 1040. The van der Waals surface area contributed by atoms with Gasteiger partial charge in [-0.2, -0.15) is 0 Å². The largest absolute Gasteiger partial charge is 0.349 e. The van der Waals surface area contributed by atoms with Crippen molar-refractivity contribution in [2.24, 2.45) is 0 Å². The molecule has 6 nitrogen and oxygen atoms in total. The van der Waals surface area contributed by atoms with E-state index in [-0.39, 0.29) is 17.5 Å². The number of hydrogen-bond donors (Lipinski definition) is 1. The molecule has 0 saturated carbocycles. The summed E-state index contributed by atoms with van der Waals surface area (Å²) in [6.45, 7) is 9.64. The summed E-state index contributed by atoms with van der Waals surface area (Å²) in [6.07, 6.45) is 0. The third-order valence-corrected chi connectivity index (χ3v) is 5.04. The molecule has 0 aliphatic rings. The first-order chi connectivity index (χ1) is 14.2. The number of nitrogens with zero attached hydrogens (tertiary/aromatic N) is 3. The van der Waals surface area contributed by atoms with E-state index in [2.05, 4.69) is 14.9 Å². The fourth-order valence-corrected chi connectivity index (χ4v) is 3.71. The van der Waals surface area contributed by atoms with E-state index in [0.29, 0.717) is 5.69 Å². The Labute approximate surface area is 181 Å². The molecule has 0 aliphatic heterocycles. The zero-order valence-electron chi connectivity index (χ0n) is 17.8. The molecule has 2 aromatic carbocycles. The highest BCUT2D eigenvalue weighted by Gasteiger charge is 2.36. The summed E-state index contributed by atoms with van der Waals surface area (Å²) in [5, 5.41) is 8.61. The van der Waals surface area contributed by atoms with Crippen LogP contribution in [0.5, 0.6) is 0 Å². The van der Waals surface area contributed by atoms with Gasteiger partial charge in [0.15, 0.2) is 5.69 Å². The van der Waals surface area contributed by atoms with Gasteiger partial charge >= 0.3 is 0 Å². The molecule has 0 saturated heterocycles. The summed E-state index contributed by atoms with van der Waals surface area (Å²) in [5.74, 6) is -0.624. The molecule has 156 valence electrons. The Balaban J connectivity index is 2.21. The molecule has 30 heavy (non-hydrogen) atoms. The van der Waals surface area contributed by atoms with Crippen molar-refractivity contribution < 1.29 is 9.59 Å². The summed E-state index contributed by atoms with van der Waals surface area (Å²) in [7, 11) is 0. The van der Waals surface area contributed by atoms with Crippen molar-refractivity contribution in [3.8, 4) is 0 Å². The molecule has 7 heteroatoms. The van der Waals surface area contributed by atoms with Gasteiger partial charge in [0.25, 0.3) is 5.91 Å². The molecular weight excluding hydrogens is 396 g/mol. The average Bonchev–Trinajstić information content (AvgIpc) is 3.19. The van der Waals surface area contributed by atoms with Crippen molar-refractivity contribution in [3.05, 3.63) is 76.3 Å². The minimum atomic E-state index is -0.862. The minimum absolute atomic E-state index is 0.212. The van der Waals surface area contributed by atoms with Gasteiger partial charge in [0.1, 0.15) is 6.04 Å². The van der Waals surface area contributed by atoms with Gasteiger partial charge in [0, 0.05) is 16.6 Å². The molecule has 0 aliphatic carbocycles. The van der Waals surface area contributed by atoms with E-state index in [0.717, 1.165) is 28.2 Å². The van der Waals surface area contributed by atoms with Gasteiger partial charge < -0.3 is 5.32 Å². The van der Waals surface area contributed by atoms with Crippen LogP contribution in [0, 0.1) is 13.8 Å². The molecule has 0 spiro atoms. The number of para-hydroxylation sites is 1. The van der Waals surface area contributed by atoms with Gasteiger partial charge in [-0.1, -0.05) is 52.5 Å². The lowest BCUT2D eigenvalue weighted by atomic mass is 9.98. The summed E-state index contributed by atoms with van der Waals surface area (Å²) in [5.41, 5.74) is 3.04. The molecule has 1 aromatic heterocycles. The van der Waals surface area contributed by atoms with Gasteiger partial charge in [0.2, 0.25) is 5.91 Å². The van der Waals surface area contributed by atoms with E-state index in [9.17, 15) is 9.59 Å². The van der Waals surface area contributed by atoms with Crippen molar-refractivity contribution in [2.75, 3.05) is 4.90 Å². The fraction of sp³-hybridized carbons (Fsp3) is 0.304. The van der Waals surface area contributed by atoms with Crippen LogP contribution in [0.1, 0.15) is 54.0 Å². The quantitative estimate of drug-likeness (QED) is 0.659. The number of rotatable bonds is 5. The molecule has 0 bridgehead atoms. The Morgan fingerprint density at radius 3 is 2.40 bits per heavy atom. The first-order valence-electron chi connectivity index (χ1n) is 9.72. The maximum absolute atomic E-state index is 13.6. The van der Waals surface area contributed by atoms with E-state index in [1.165, 1.54) is 4.90 Å². The van der Waals surface area contributed by atoms with Gasteiger partial charge in [-0.05, 0) is 63.3 Å². The smallest absolute Gasteiger partial charge is 0.280 e. The maximum atomic E-state index is 13.6.